The van der Waals surface area contributed by atoms with Crippen LogP contribution in [0.15, 0.2) is 85.1 Å². The Kier molecular flexibility index (Phi) is 5.81. The summed E-state index contributed by atoms with van der Waals surface area (Å²) in [7, 11) is 1.63. The number of rotatable bonds is 6. The largest absolute Gasteiger partial charge is 0.497 e. The molecule has 33 heavy (non-hydrogen) atoms. The lowest BCUT2D eigenvalue weighted by Gasteiger charge is -2.26. The molecule has 2 heterocycles. The summed E-state index contributed by atoms with van der Waals surface area (Å²) in [6.45, 7) is 1.14. The molecule has 0 fully saturated rings. The normalized spacial score (nSPS) is 14.8. The van der Waals surface area contributed by atoms with Crippen LogP contribution in [0.2, 0.25) is 0 Å². The number of carbonyl (C=O) groups is 1. The van der Waals surface area contributed by atoms with Crippen LogP contribution in [0.4, 0.5) is 0 Å². The third-order valence-electron chi connectivity index (χ3n) is 5.80. The number of carbonyl (C=O) groups excluding carboxylic acids is 1. The maximum absolute atomic E-state index is 13.5. The lowest BCUT2D eigenvalue weighted by Crippen LogP contribution is -2.32. The van der Waals surface area contributed by atoms with E-state index in [1.807, 2.05) is 89.7 Å². The van der Waals surface area contributed by atoms with Gasteiger partial charge in [-0.05, 0) is 23.8 Å². The van der Waals surface area contributed by atoms with Crippen LogP contribution in [0.5, 0.6) is 11.5 Å². The number of aromatic nitrogens is 2. The van der Waals surface area contributed by atoms with Crippen molar-refractivity contribution >= 4 is 5.91 Å². The summed E-state index contributed by atoms with van der Waals surface area (Å²) in [5.41, 5.74) is 4.10. The number of nitrogens with one attached hydrogen (secondary N) is 1. The van der Waals surface area contributed by atoms with E-state index in [1.165, 1.54) is 0 Å². The van der Waals surface area contributed by atoms with Crippen LogP contribution < -0.4 is 14.8 Å². The number of hydrogen-bond donors (Lipinski definition) is 1. The number of hydrogen-bond acceptors (Lipinski definition) is 4. The Bertz CT molecular complexity index is 1270. The molecular weight excluding hydrogens is 414 g/mol. The first-order chi connectivity index (χ1) is 16.2. The minimum Gasteiger partial charge on any atom is -0.497 e. The highest BCUT2D eigenvalue weighted by Crippen LogP contribution is 2.32. The van der Waals surface area contributed by atoms with Crippen molar-refractivity contribution in [2.75, 3.05) is 13.7 Å². The minimum atomic E-state index is -0.158. The average molecular weight is 440 g/mol. The van der Waals surface area contributed by atoms with E-state index >= 15 is 0 Å². The number of methoxy groups -OCH3 is 1. The highest BCUT2D eigenvalue weighted by Gasteiger charge is 2.26. The highest BCUT2D eigenvalue weighted by molar-refractivity contribution is 6.00. The molecule has 1 aromatic heterocycles. The van der Waals surface area contributed by atoms with Crippen molar-refractivity contribution in [3.8, 4) is 22.8 Å². The zero-order valence-electron chi connectivity index (χ0n) is 18.4. The van der Waals surface area contributed by atoms with E-state index in [2.05, 4.69) is 5.32 Å². The summed E-state index contributed by atoms with van der Waals surface area (Å²) in [6.07, 6.45) is 2.54. The van der Waals surface area contributed by atoms with Crippen molar-refractivity contribution in [3.05, 3.63) is 102 Å². The van der Waals surface area contributed by atoms with E-state index < -0.39 is 0 Å². The summed E-state index contributed by atoms with van der Waals surface area (Å²) in [6, 6.07) is 25.4. The van der Waals surface area contributed by atoms with Crippen molar-refractivity contribution in [3.63, 3.8) is 0 Å². The Morgan fingerprint density at radius 3 is 2.76 bits per heavy atom. The van der Waals surface area contributed by atoms with Crippen molar-refractivity contribution < 1.29 is 14.3 Å². The molecule has 0 saturated heterocycles. The van der Waals surface area contributed by atoms with Crippen LogP contribution in [0.1, 0.15) is 33.9 Å². The van der Waals surface area contributed by atoms with Crippen LogP contribution in [-0.2, 0) is 6.54 Å². The molecule has 0 aliphatic carbocycles. The van der Waals surface area contributed by atoms with Gasteiger partial charge in [-0.15, -0.1) is 0 Å². The number of amides is 1. The van der Waals surface area contributed by atoms with Gasteiger partial charge in [0.15, 0.2) is 0 Å². The quantitative estimate of drug-likeness (QED) is 0.466. The zero-order valence-corrected chi connectivity index (χ0v) is 18.4. The van der Waals surface area contributed by atoms with Gasteiger partial charge in [-0.3, -0.25) is 9.48 Å². The number of nitrogens with zero attached hydrogens (tertiary/aromatic N) is 2. The lowest BCUT2D eigenvalue weighted by atomic mass is 10.00. The second-order valence-electron chi connectivity index (χ2n) is 8.01. The molecule has 4 aromatic rings. The summed E-state index contributed by atoms with van der Waals surface area (Å²) >= 11 is 0. The van der Waals surface area contributed by atoms with Gasteiger partial charge in [-0.1, -0.05) is 60.7 Å². The van der Waals surface area contributed by atoms with Gasteiger partial charge in [0.2, 0.25) is 0 Å². The van der Waals surface area contributed by atoms with E-state index in [4.69, 9.17) is 14.6 Å². The first kappa shape index (κ1) is 20.8. The number of para-hydroxylation sites is 1. The van der Waals surface area contributed by atoms with E-state index in [1.54, 1.807) is 7.11 Å². The van der Waals surface area contributed by atoms with Gasteiger partial charge in [0.05, 0.1) is 31.9 Å². The van der Waals surface area contributed by atoms with E-state index in [0.29, 0.717) is 24.4 Å². The Hall–Kier alpha value is -4.06. The van der Waals surface area contributed by atoms with Crippen LogP contribution in [0.3, 0.4) is 0 Å². The van der Waals surface area contributed by atoms with Gasteiger partial charge in [0, 0.05) is 23.7 Å². The number of ether oxygens (including phenoxy) is 2. The standard InChI is InChI=1S/C27H25N3O3/c1-32-21-11-7-10-20(16-21)26-23(18-30(29-26)17-19-8-3-2-4-9-19)27(31)28-24-14-15-33-25-13-6-5-12-22(24)25/h2-13,16,18,24H,14-15,17H2,1H3,(H,28,31). The van der Waals surface area contributed by atoms with E-state index in [0.717, 1.165) is 34.6 Å². The van der Waals surface area contributed by atoms with Gasteiger partial charge < -0.3 is 14.8 Å². The summed E-state index contributed by atoms with van der Waals surface area (Å²) in [4.78, 5) is 13.5. The second-order valence-corrected chi connectivity index (χ2v) is 8.01. The molecule has 0 spiro atoms. The molecule has 1 aliphatic heterocycles. The Labute approximate surface area is 192 Å². The minimum absolute atomic E-state index is 0.113. The van der Waals surface area contributed by atoms with Crippen LogP contribution in [0, 0.1) is 0 Å². The first-order valence-corrected chi connectivity index (χ1v) is 11.0. The first-order valence-electron chi connectivity index (χ1n) is 11.0. The fourth-order valence-corrected chi connectivity index (χ4v) is 4.15. The smallest absolute Gasteiger partial charge is 0.255 e. The third kappa shape index (κ3) is 4.46. The molecule has 6 heteroatoms. The predicted octanol–water partition coefficient (Wildman–Crippen LogP) is 4.86. The predicted molar refractivity (Wildman–Crippen MR) is 127 cm³/mol. The van der Waals surface area contributed by atoms with Crippen LogP contribution >= 0.6 is 0 Å². The maximum atomic E-state index is 13.5. The van der Waals surface area contributed by atoms with Gasteiger partial charge in [-0.25, -0.2) is 0 Å². The molecule has 5 rings (SSSR count). The van der Waals surface area contributed by atoms with E-state index in [-0.39, 0.29) is 11.9 Å². The molecule has 166 valence electrons. The third-order valence-corrected chi connectivity index (χ3v) is 5.80. The molecular formula is C27H25N3O3. The van der Waals surface area contributed by atoms with Gasteiger partial charge >= 0.3 is 0 Å². The molecule has 0 saturated carbocycles. The van der Waals surface area contributed by atoms with Gasteiger partial charge in [-0.2, -0.15) is 5.10 Å². The van der Waals surface area contributed by atoms with Crippen LogP contribution in [0.25, 0.3) is 11.3 Å². The maximum Gasteiger partial charge on any atom is 0.255 e. The molecule has 0 radical (unpaired) electrons. The van der Waals surface area contributed by atoms with Gasteiger partial charge in [0.25, 0.3) is 5.91 Å². The second kappa shape index (κ2) is 9.20. The van der Waals surface area contributed by atoms with Crippen molar-refractivity contribution in [2.45, 2.75) is 19.0 Å². The zero-order chi connectivity index (χ0) is 22.6. The summed E-state index contributed by atoms with van der Waals surface area (Å²) in [5.74, 6) is 1.38. The van der Waals surface area contributed by atoms with E-state index in [9.17, 15) is 4.79 Å². The monoisotopic (exact) mass is 439 g/mol. The molecule has 0 bridgehead atoms. The van der Waals surface area contributed by atoms with Crippen molar-refractivity contribution in [1.29, 1.82) is 0 Å². The van der Waals surface area contributed by atoms with Crippen molar-refractivity contribution in [2.24, 2.45) is 0 Å². The van der Waals surface area contributed by atoms with Crippen molar-refractivity contribution in [1.82, 2.24) is 15.1 Å². The number of fused-ring (bicyclic) bond motifs is 1. The average Bonchev–Trinajstić information content (AvgIpc) is 3.29. The fourth-order valence-electron chi connectivity index (χ4n) is 4.15. The number of benzene rings is 3. The summed E-state index contributed by atoms with van der Waals surface area (Å²) in [5, 5.41) is 7.99. The Balaban J connectivity index is 1.49. The molecule has 1 unspecified atom stereocenters. The Morgan fingerprint density at radius 2 is 1.91 bits per heavy atom. The van der Waals surface area contributed by atoms with Gasteiger partial charge in [0.1, 0.15) is 17.2 Å². The van der Waals surface area contributed by atoms with Crippen LogP contribution in [-0.4, -0.2) is 29.4 Å². The molecule has 6 nitrogen and oxygen atoms in total. The SMILES string of the molecule is COc1cccc(-c2nn(Cc3ccccc3)cc2C(=O)NC2CCOc3ccccc32)c1. The molecule has 1 N–H and O–H groups in total. The highest BCUT2D eigenvalue weighted by atomic mass is 16.5. The Morgan fingerprint density at radius 1 is 1.09 bits per heavy atom. The lowest BCUT2D eigenvalue weighted by molar-refractivity contribution is 0.0925. The molecule has 1 atom stereocenters. The molecule has 1 aliphatic rings. The summed E-state index contributed by atoms with van der Waals surface area (Å²) < 4.78 is 13.0. The molecule has 3 aromatic carbocycles. The molecule has 1 amide bonds. The fraction of sp³-hybridized carbons (Fsp3) is 0.185. The topological polar surface area (TPSA) is 65.4 Å².